The minimum atomic E-state index is -2.87. The molecule has 0 bridgehead atoms. The quantitative estimate of drug-likeness (QED) is 0.460. The summed E-state index contributed by atoms with van der Waals surface area (Å²) in [5.74, 6) is -7.53. The van der Waals surface area contributed by atoms with Crippen LogP contribution in [0.3, 0.4) is 0 Å². The van der Waals surface area contributed by atoms with Gasteiger partial charge in [-0.15, -0.1) is 0 Å². The van der Waals surface area contributed by atoms with Gasteiger partial charge in [0.05, 0.1) is 31.8 Å². The van der Waals surface area contributed by atoms with E-state index in [0.29, 0.717) is 38.2 Å². The number of anilines is 3. The van der Waals surface area contributed by atoms with E-state index in [1.54, 1.807) is 4.90 Å². The Balaban J connectivity index is 1.57. The van der Waals surface area contributed by atoms with E-state index in [2.05, 4.69) is 20.3 Å². The molecular weight excluding hydrogens is 475 g/mol. The summed E-state index contributed by atoms with van der Waals surface area (Å²) < 4.78 is 73.8. The maximum Gasteiger partial charge on any atom is 0.282 e. The van der Waals surface area contributed by atoms with Crippen LogP contribution in [0.15, 0.2) is 6.07 Å². The fourth-order valence-electron chi connectivity index (χ4n) is 4.12. The lowest BCUT2D eigenvalue weighted by Crippen LogP contribution is -2.57. The van der Waals surface area contributed by atoms with Gasteiger partial charge in [0.1, 0.15) is 5.82 Å². The molecule has 2 fully saturated rings. The number of carbonyl (C=O) groups excluding carboxylic acids is 1. The molecule has 0 aliphatic carbocycles. The number of amides is 1. The molecule has 2 aliphatic rings. The molecular formula is C22H25F5N6O2. The Morgan fingerprint density at radius 3 is 2.46 bits per heavy atom. The van der Waals surface area contributed by atoms with Crippen LogP contribution in [0.1, 0.15) is 36.4 Å². The largest absolute Gasteiger partial charge is 0.384 e. The molecule has 190 valence electrons. The Morgan fingerprint density at radius 1 is 1.14 bits per heavy atom. The van der Waals surface area contributed by atoms with Crippen molar-refractivity contribution < 1.29 is 31.5 Å². The second-order valence-corrected chi connectivity index (χ2v) is 8.72. The molecule has 0 aromatic carbocycles. The first-order valence-corrected chi connectivity index (χ1v) is 11.1. The van der Waals surface area contributed by atoms with Crippen LogP contribution in [-0.4, -0.2) is 71.6 Å². The van der Waals surface area contributed by atoms with Gasteiger partial charge in [0.2, 0.25) is 11.9 Å². The molecule has 13 heteroatoms. The van der Waals surface area contributed by atoms with E-state index in [1.165, 1.54) is 18.1 Å². The van der Waals surface area contributed by atoms with Crippen molar-refractivity contribution in [2.24, 2.45) is 0 Å². The first-order chi connectivity index (χ1) is 16.6. The van der Waals surface area contributed by atoms with E-state index in [4.69, 9.17) is 4.74 Å². The smallest absolute Gasteiger partial charge is 0.282 e. The Labute approximate surface area is 198 Å². The fourth-order valence-corrected chi connectivity index (χ4v) is 4.12. The Morgan fingerprint density at radius 2 is 1.83 bits per heavy atom. The average Bonchev–Trinajstić information content (AvgIpc) is 2.82. The van der Waals surface area contributed by atoms with E-state index >= 15 is 0 Å². The maximum absolute atomic E-state index is 14.5. The molecule has 8 nitrogen and oxygen atoms in total. The van der Waals surface area contributed by atoms with Gasteiger partial charge in [0, 0.05) is 37.7 Å². The van der Waals surface area contributed by atoms with Crippen LogP contribution in [0.4, 0.5) is 39.5 Å². The third-order valence-corrected chi connectivity index (χ3v) is 6.15. The molecule has 4 heterocycles. The Kier molecular flexibility index (Phi) is 7.06. The van der Waals surface area contributed by atoms with Crippen molar-refractivity contribution >= 4 is 23.5 Å². The summed E-state index contributed by atoms with van der Waals surface area (Å²) in [6.07, 6.45) is 1.42. The predicted molar refractivity (Wildman–Crippen MR) is 116 cm³/mol. The van der Waals surface area contributed by atoms with Crippen LogP contribution in [0.5, 0.6) is 0 Å². The number of piperidine rings is 1. The summed E-state index contributed by atoms with van der Waals surface area (Å²) in [4.78, 5) is 27.2. The lowest BCUT2D eigenvalue weighted by atomic mass is 9.93. The Hall–Kier alpha value is -3.09. The van der Waals surface area contributed by atoms with Crippen LogP contribution in [0.25, 0.3) is 0 Å². The maximum atomic E-state index is 14.5. The molecule has 2 aliphatic heterocycles. The van der Waals surface area contributed by atoms with Gasteiger partial charge in [-0.05, 0) is 19.8 Å². The fraction of sp³-hybridized carbons (Fsp3) is 0.545. The van der Waals surface area contributed by atoms with E-state index in [9.17, 15) is 26.7 Å². The highest BCUT2D eigenvalue weighted by Gasteiger charge is 2.45. The minimum Gasteiger partial charge on any atom is -0.384 e. The molecule has 2 aromatic heterocycles. The van der Waals surface area contributed by atoms with E-state index < -0.39 is 48.0 Å². The number of rotatable bonds is 7. The molecule has 35 heavy (non-hydrogen) atoms. The molecule has 0 spiro atoms. The zero-order valence-electron chi connectivity index (χ0n) is 19.3. The number of alkyl halides is 2. The van der Waals surface area contributed by atoms with Crippen LogP contribution in [0, 0.1) is 24.5 Å². The summed E-state index contributed by atoms with van der Waals surface area (Å²) in [5.41, 5.74) is -0.0428. The molecule has 4 rings (SSSR count). The molecule has 0 atom stereocenters. The monoisotopic (exact) mass is 500 g/mol. The van der Waals surface area contributed by atoms with Crippen molar-refractivity contribution in [1.82, 2.24) is 19.9 Å². The van der Waals surface area contributed by atoms with Crippen molar-refractivity contribution in [1.29, 1.82) is 0 Å². The van der Waals surface area contributed by atoms with Gasteiger partial charge in [-0.2, -0.15) is 14.4 Å². The Bertz CT molecular complexity index is 1100. The molecule has 2 aromatic rings. The first kappa shape index (κ1) is 25.0. The van der Waals surface area contributed by atoms with Gasteiger partial charge in [-0.1, -0.05) is 0 Å². The topological polar surface area (TPSA) is 83.5 Å². The molecule has 0 unspecified atom stereocenters. The SMILES string of the molecule is COCCC(=O)N1CCC(c2cc(Nc3nc(F)c(F)c(C)c3F)nc(N3CC(F)(F)C3)n2)CC1. The van der Waals surface area contributed by atoms with E-state index in [-0.39, 0.29) is 30.0 Å². The van der Waals surface area contributed by atoms with Crippen molar-refractivity contribution in [3.05, 3.63) is 34.9 Å². The molecule has 2 saturated heterocycles. The summed E-state index contributed by atoms with van der Waals surface area (Å²) in [6, 6.07) is 1.51. The minimum absolute atomic E-state index is 0.00855. The molecule has 0 saturated carbocycles. The number of pyridine rings is 1. The highest BCUT2D eigenvalue weighted by Crippen LogP contribution is 2.34. The number of halogens is 5. The number of methoxy groups -OCH3 is 1. The van der Waals surface area contributed by atoms with Gasteiger partial charge < -0.3 is 19.9 Å². The number of aromatic nitrogens is 3. The average molecular weight is 500 g/mol. The lowest BCUT2D eigenvalue weighted by Gasteiger charge is -2.39. The van der Waals surface area contributed by atoms with Crippen molar-refractivity contribution in [3.8, 4) is 0 Å². The number of hydrogen-bond acceptors (Lipinski definition) is 7. The van der Waals surface area contributed by atoms with Gasteiger partial charge in [-0.25, -0.2) is 22.5 Å². The highest BCUT2D eigenvalue weighted by atomic mass is 19.3. The predicted octanol–water partition coefficient (Wildman–Crippen LogP) is 3.54. The van der Waals surface area contributed by atoms with Crippen LogP contribution >= 0.6 is 0 Å². The van der Waals surface area contributed by atoms with Crippen molar-refractivity contribution in [2.45, 2.75) is 38.0 Å². The van der Waals surface area contributed by atoms with E-state index in [0.717, 1.165) is 6.92 Å². The number of ether oxygens (including phenoxy) is 1. The van der Waals surface area contributed by atoms with Crippen molar-refractivity contribution in [3.63, 3.8) is 0 Å². The number of likely N-dealkylation sites (tertiary alicyclic amines) is 1. The van der Waals surface area contributed by atoms with Crippen LogP contribution in [0.2, 0.25) is 0 Å². The third-order valence-electron chi connectivity index (χ3n) is 6.15. The second kappa shape index (κ2) is 9.88. The zero-order valence-corrected chi connectivity index (χ0v) is 19.3. The molecule has 0 radical (unpaired) electrons. The number of nitrogens with one attached hydrogen (secondary N) is 1. The first-order valence-electron chi connectivity index (χ1n) is 11.1. The molecule has 1 N–H and O–H groups in total. The van der Waals surface area contributed by atoms with Crippen molar-refractivity contribution in [2.75, 3.05) is 50.1 Å². The van der Waals surface area contributed by atoms with Crippen LogP contribution in [-0.2, 0) is 9.53 Å². The van der Waals surface area contributed by atoms with Gasteiger partial charge in [0.25, 0.3) is 11.9 Å². The normalized spacial score (nSPS) is 17.9. The van der Waals surface area contributed by atoms with Gasteiger partial charge in [0.15, 0.2) is 17.5 Å². The van der Waals surface area contributed by atoms with Gasteiger partial charge in [-0.3, -0.25) is 4.79 Å². The number of hydrogen-bond donors (Lipinski definition) is 1. The van der Waals surface area contributed by atoms with E-state index in [1.807, 2.05) is 0 Å². The summed E-state index contributed by atoms with van der Waals surface area (Å²) in [6.45, 7) is 1.22. The van der Waals surface area contributed by atoms with Gasteiger partial charge >= 0.3 is 0 Å². The zero-order chi connectivity index (χ0) is 25.3. The summed E-state index contributed by atoms with van der Waals surface area (Å²) in [5, 5.41) is 2.54. The number of carbonyl (C=O) groups is 1. The summed E-state index contributed by atoms with van der Waals surface area (Å²) in [7, 11) is 1.52. The summed E-state index contributed by atoms with van der Waals surface area (Å²) >= 11 is 0. The van der Waals surface area contributed by atoms with Crippen LogP contribution < -0.4 is 10.2 Å². The lowest BCUT2D eigenvalue weighted by molar-refractivity contribution is -0.133. The molecule has 1 amide bonds. The third kappa shape index (κ3) is 5.44. The number of nitrogens with zero attached hydrogens (tertiary/aromatic N) is 5. The standard InChI is InChI=1S/C22H25F5N6O2/c1-12-17(23)19(25)31-20(18(12)24)29-15-9-14(28-21(30-15)33-10-22(26,27)11-33)13-3-6-32(7-4-13)16(34)5-8-35-2/h9,13H,3-8,10-11H2,1-2H3,(H,28,29,30,31). The highest BCUT2D eigenvalue weighted by molar-refractivity contribution is 5.76. The second-order valence-electron chi connectivity index (χ2n) is 8.72.